The maximum atomic E-state index is 11.5. The number of thiophene rings is 1. The van der Waals surface area contributed by atoms with Crippen molar-refractivity contribution >= 4 is 21.2 Å². The molecular weight excluding hydrogens is 218 g/mol. The summed E-state index contributed by atoms with van der Waals surface area (Å²) in [7, 11) is -2.86. The van der Waals surface area contributed by atoms with E-state index in [0.717, 1.165) is 4.88 Å². The first-order valence-electron chi connectivity index (χ1n) is 4.57. The van der Waals surface area contributed by atoms with Gasteiger partial charge in [0.1, 0.15) is 0 Å². The Balaban J connectivity index is 2.22. The highest BCUT2D eigenvalue weighted by molar-refractivity contribution is 7.91. The first-order valence-corrected chi connectivity index (χ1v) is 7.27. The average Bonchev–Trinajstić information content (AvgIpc) is 2.51. The van der Waals surface area contributed by atoms with Gasteiger partial charge in [-0.25, -0.2) is 8.42 Å². The molecule has 78 valence electrons. The molecule has 1 N–H and O–H groups in total. The van der Waals surface area contributed by atoms with Crippen LogP contribution in [-0.4, -0.2) is 26.0 Å². The van der Waals surface area contributed by atoms with Gasteiger partial charge < -0.3 is 5.32 Å². The van der Waals surface area contributed by atoms with Crippen LogP contribution >= 0.6 is 11.3 Å². The van der Waals surface area contributed by atoms with E-state index in [1.807, 2.05) is 24.4 Å². The minimum Gasteiger partial charge on any atom is -0.305 e. The van der Waals surface area contributed by atoms with Crippen molar-refractivity contribution < 1.29 is 8.42 Å². The molecule has 0 aromatic carbocycles. The fourth-order valence-electron chi connectivity index (χ4n) is 1.80. The van der Waals surface area contributed by atoms with Crippen LogP contribution in [0.3, 0.4) is 0 Å². The van der Waals surface area contributed by atoms with Gasteiger partial charge in [0.15, 0.2) is 9.84 Å². The van der Waals surface area contributed by atoms with Gasteiger partial charge >= 0.3 is 0 Å². The van der Waals surface area contributed by atoms with E-state index in [2.05, 4.69) is 5.32 Å². The van der Waals surface area contributed by atoms with Crippen LogP contribution in [0.5, 0.6) is 0 Å². The Morgan fingerprint density at radius 2 is 2.29 bits per heavy atom. The second kappa shape index (κ2) is 3.64. The van der Waals surface area contributed by atoms with Crippen molar-refractivity contribution in [2.24, 2.45) is 0 Å². The maximum Gasteiger partial charge on any atom is 0.153 e. The molecule has 0 radical (unpaired) electrons. The molecule has 1 aromatic heterocycles. The Bertz CT molecular complexity index is 396. The van der Waals surface area contributed by atoms with Crippen LogP contribution in [-0.2, 0) is 9.84 Å². The van der Waals surface area contributed by atoms with Crippen molar-refractivity contribution in [3.63, 3.8) is 0 Å². The summed E-state index contributed by atoms with van der Waals surface area (Å²) in [5.41, 5.74) is 0. The van der Waals surface area contributed by atoms with Crippen molar-refractivity contribution in [1.82, 2.24) is 5.32 Å². The first kappa shape index (κ1) is 10.1. The molecule has 1 saturated heterocycles. The molecule has 2 atom stereocenters. The summed E-state index contributed by atoms with van der Waals surface area (Å²) in [6.07, 6.45) is 0. The topological polar surface area (TPSA) is 46.2 Å². The molecule has 2 heterocycles. The average molecular weight is 231 g/mol. The molecule has 1 fully saturated rings. The summed E-state index contributed by atoms with van der Waals surface area (Å²) in [4.78, 5) is 1.11. The third-order valence-electron chi connectivity index (χ3n) is 2.30. The van der Waals surface area contributed by atoms with Crippen molar-refractivity contribution in [1.29, 1.82) is 0 Å². The molecule has 1 aliphatic heterocycles. The lowest BCUT2D eigenvalue weighted by Gasteiger charge is -2.27. The Morgan fingerprint density at radius 1 is 1.50 bits per heavy atom. The van der Waals surface area contributed by atoms with Crippen LogP contribution in [0.15, 0.2) is 17.5 Å². The predicted octanol–water partition coefficient (Wildman–Crippen LogP) is 1.20. The van der Waals surface area contributed by atoms with Gasteiger partial charge in [-0.1, -0.05) is 6.07 Å². The number of hydrogen-bond donors (Lipinski definition) is 1. The van der Waals surface area contributed by atoms with E-state index in [4.69, 9.17) is 0 Å². The molecule has 5 heteroatoms. The van der Waals surface area contributed by atoms with E-state index in [1.165, 1.54) is 0 Å². The predicted molar refractivity (Wildman–Crippen MR) is 58.3 cm³/mol. The first-order chi connectivity index (χ1) is 6.57. The largest absolute Gasteiger partial charge is 0.305 e. The molecular formula is C9H13NO2S2. The molecule has 2 rings (SSSR count). The zero-order valence-electron chi connectivity index (χ0n) is 7.93. The fraction of sp³-hybridized carbons (Fsp3) is 0.556. The highest BCUT2D eigenvalue weighted by Gasteiger charge is 2.29. The maximum absolute atomic E-state index is 11.5. The smallest absolute Gasteiger partial charge is 0.153 e. The zero-order valence-corrected chi connectivity index (χ0v) is 9.57. The van der Waals surface area contributed by atoms with Crippen LogP contribution < -0.4 is 5.32 Å². The van der Waals surface area contributed by atoms with Gasteiger partial charge in [0, 0.05) is 10.9 Å². The number of sulfone groups is 1. The lowest BCUT2D eigenvalue weighted by molar-refractivity contribution is 0.473. The van der Waals surface area contributed by atoms with Crippen LogP contribution in [0.25, 0.3) is 0 Å². The number of rotatable bonds is 1. The number of nitrogens with one attached hydrogen (secondary N) is 1. The van der Waals surface area contributed by atoms with Gasteiger partial charge in [-0.15, -0.1) is 11.3 Å². The standard InChI is InChI=1S/C9H13NO2S2/c1-7-5-14(11,12)6-8(10-7)9-3-2-4-13-9/h2-4,7-8,10H,5-6H2,1H3. The van der Waals surface area contributed by atoms with E-state index >= 15 is 0 Å². The van der Waals surface area contributed by atoms with Crippen molar-refractivity contribution in [2.75, 3.05) is 11.5 Å². The van der Waals surface area contributed by atoms with E-state index in [9.17, 15) is 8.42 Å². The van der Waals surface area contributed by atoms with Gasteiger partial charge in [0.2, 0.25) is 0 Å². The second-order valence-corrected chi connectivity index (χ2v) is 6.85. The summed E-state index contributed by atoms with van der Waals surface area (Å²) < 4.78 is 23.1. The van der Waals surface area contributed by atoms with Crippen LogP contribution in [0.4, 0.5) is 0 Å². The Hall–Kier alpha value is -0.390. The van der Waals surface area contributed by atoms with Crippen LogP contribution in [0, 0.1) is 0 Å². The Morgan fingerprint density at radius 3 is 2.86 bits per heavy atom. The highest BCUT2D eigenvalue weighted by Crippen LogP contribution is 2.24. The van der Waals surface area contributed by atoms with Gasteiger partial charge in [0.05, 0.1) is 17.5 Å². The second-order valence-electron chi connectivity index (χ2n) is 3.71. The van der Waals surface area contributed by atoms with Crippen LogP contribution in [0.2, 0.25) is 0 Å². The molecule has 0 amide bonds. The van der Waals surface area contributed by atoms with Crippen LogP contribution in [0.1, 0.15) is 17.8 Å². The molecule has 3 nitrogen and oxygen atoms in total. The molecule has 0 aliphatic carbocycles. The quantitative estimate of drug-likeness (QED) is 0.790. The van der Waals surface area contributed by atoms with Gasteiger partial charge in [0.25, 0.3) is 0 Å². The van der Waals surface area contributed by atoms with Crippen molar-refractivity contribution in [2.45, 2.75) is 19.0 Å². The minimum atomic E-state index is -2.86. The minimum absolute atomic E-state index is 0.0104. The SMILES string of the molecule is CC1CS(=O)(=O)CC(c2cccs2)N1. The molecule has 0 spiro atoms. The monoisotopic (exact) mass is 231 g/mol. The van der Waals surface area contributed by atoms with Crippen molar-refractivity contribution in [3.8, 4) is 0 Å². The molecule has 0 saturated carbocycles. The molecule has 14 heavy (non-hydrogen) atoms. The summed E-state index contributed by atoms with van der Waals surface area (Å²) >= 11 is 1.61. The summed E-state index contributed by atoms with van der Waals surface area (Å²) in [6.45, 7) is 1.91. The van der Waals surface area contributed by atoms with E-state index < -0.39 is 9.84 Å². The summed E-state index contributed by atoms with van der Waals surface area (Å²) in [5.74, 6) is 0.493. The lowest BCUT2D eigenvalue weighted by Crippen LogP contribution is -2.45. The van der Waals surface area contributed by atoms with Crippen molar-refractivity contribution in [3.05, 3.63) is 22.4 Å². The Labute approximate surface area is 88.1 Å². The normalized spacial score (nSPS) is 31.5. The highest BCUT2D eigenvalue weighted by atomic mass is 32.2. The third kappa shape index (κ3) is 2.16. The van der Waals surface area contributed by atoms with Gasteiger partial charge in [-0.2, -0.15) is 0 Å². The van der Waals surface area contributed by atoms with E-state index in [0.29, 0.717) is 0 Å². The summed E-state index contributed by atoms with van der Waals surface area (Å²) in [6, 6.07) is 3.98. The molecule has 1 aromatic rings. The molecule has 1 aliphatic rings. The molecule has 0 bridgehead atoms. The third-order valence-corrected chi connectivity index (χ3v) is 5.13. The number of hydrogen-bond acceptors (Lipinski definition) is 4. The van der Waals surface area contributed by atoms with Gasteiger partial charge in [-0.3, -0.25) is 0 Å². The Kier molecular flexibility index (Phi) is 2.64. The molecule has 2 unspecified atom stereocenters. The lowest BCUT2D eigenvalue weighted by atomic mass is 10.2. The zero-order chi connectivity index (χ0) is 10.2. The summed E-state index contributed by atoms with van der Waals surface area (Å²) in [5, 5.41) is 5.28. The van der Waals surface area contributed by atoms with E-state index in [-0.39, 0.29) is 23.6 Å². The van der Waals surface area contributed by atoms with Gasteiger partial charge in [-0.05, 0) is 18.4 Å². The van der Waals surface area contributed by atoms with E-state index in [1.54, 1.807) is 11.3 Å². The fourth-order valence-corrected chi connectivity index (χ4v) is 4.47.